The summed E-state index contributed by atoms with van der Waals surface area (Å²) in [7, 11) is -1.46. The third-order valence-electron chi connectivity index (χ3n) is 3.47. The molecule has 0 saturated heterocycles. The number of hydrogen-bond acceptors (Lipinski definition) is 4. The van der Waals surface area contributed by atoms with Crippen LogP contribution < -0.4 is 15.5 Å². The molecule has 0 aliphatic rings. The highest BCUT2D eigenvalue weighted by Gasteiger charge is 2.12. The number of carbonyl (C=O) groups is 1. The maximum absolute atomic E-state index is 12.2. The molecule has 6 nitrogen and oxygen atoms in total. The molecule has 2 aromatic rings. The average molecular weight is 397 g/mol. The number of hydrogen-bond donors (Lipinski definition) is 2. The first-order valence-corrected chi connectivity index (χ1v) is 10.0. The highest BCUT2D eigenvalue weighted by molar-refractivity contribution is 7.84. The monoisotopic (exact) mass is 396 g/mol. The Morgan fingerprint density at radius 1 is 1.35 bits per heavy atom. The topological polar surface area (TPSA) is 88.3 Å². The second kappa shape index (κ2) is 9.54. The van der Waals surface area contributed by atoms with Gasteiger partial charge >= 0.3 is 0 Å². The molecule has 0 fully saturated rings. The number of benzene rings is 1. The zero-order chi connectivity index (χ0) is 19.1. The number of nitrogens with one attached hydrogen (secondary N) is 2. The number of carbonyl (C=O) groups excluding carboxylic acids is 1. The summed E-state index contributed by atoms with van der Waals surface area (Å²) in [5.74, 6) is -0.217. The molecule has 140 valence electrons. The fourth-order valence-electron chi connectivity index (χ4n) is 2.23. The van der Waals surface area contributed by atoms with E-state index in [1.54, 1.807) is 18.2 Å². The first-order valence-electron chi connectivity index (χ1n) is 8.14. The van der Waals surface area contributed by atoms with Gasteiger partial charge in [-0.2, -0.15) is 0 Å². The number of rotatable bonds is 8. The van der Waals surface area contributed by atoms with Gasteiger partial charge in [0.15, 0.2) is 5.75 Å². The maximum Gasteiger partial charge on any atom is 0.237 e. The van der Waals surface area contributed by atoms with E-state index >= 15 is 0 Å². The zero-order valence-electron chi connectivity index (χ0n) is 14.6. The molecule has 8 heteroatoms. The minimum absolute atomic E-state index is 0.0797. The van der Waals surface area contributed by atoms with Crippen molar-refractivity contribution < 1.29 is 13.7 Å². The smallest absolute Gasteiger partial charge is 0.237 e. The molecule has 1 aromatic heterocycles. The van der Waals surface area contributed by atoms with E-state index in [1.165, 1.54) is 12.3 Å². The Hall–Kier alpha value is -2.12. The lowest BCUT2D eigenvalue weighted by atomic mass is 10.2. The van der Waals surface area contributed by atoms with Crippen molar-refractivity contribution in [1.29, 1.82) is 0 Å². The zero-order valence-corrected chi connectivity index (χ0v) is 16.2. The van der Waals surface area contributed by atoms with Gasteiger partial charge in [-0.05, 0) is 37.1 Å². The lowest BCUT2D eigenvalue weighted by Gasteiger charge is -2.09. The molecule has 1 unspecified atom stereocenters. The van der Waals surface area contributed by atoms with E-state index in [-0.39, 0.29) is 28.6 Å². The van der Waals surface area contributed by atoms with Gasteiger partial charge in [0, 0.05) is 39.5 Å². The van der Waals surface area contributed by atoms with E-state index in [9.17, 15) is 13.8 Å². The van der Waals surface area contributed by atoms with Crippen LogP contribution in [0.2, 0.25) is 5.02 Å². The van der Waals surface area contributed by atoms with Gasteiger partial charge in [0.05, 0.1) is 12.4 Å². The van der Waals surface area contributed by atoms with Crippen molar-refractivity contribution in [3.63, 3.8) is 0 Å². The van der Waals surface area contributed by atoms with Crippen LogP contribution in [-0.4, -0.2) is 27.5 Å². The molecule has 26 heavy (non-hydrogen) atoms. The van der Waals surface area contributed by atoms with E-state index in [1.807, 2.05) is 13.8 Å². The summed E-state index contributed by atoms with van der Waals surface area (Å²) in [6.07, 6.45) is 2.26. The van der Waals surface area contributed by atoms with Crippen LogP contribution in [0.4, 0.5) is 5.69 Å². The van der Waals surface area contributed by atoms with Gasteiger partial charge < -0.3 is 15.0 Å². The minimum Gasteiger partial charge on any atom is -0.488 e. The molecule has 1 atom stereocenters. The molecule has 0 radical (unpaired) electrons. The van der Waals surface area contributed by atoms with Crippen molar-refractivity contribution >= 4 is 34.0 Å². The number of aromatic nitrogens is 1. The van der Waals surface area contributed by atoms with E-state index in [4.69, 9.17) is 16.3 Å². The summed E-state index contributed by atoms with van der Waals surface area (Å²) >= 11 is 5.88. The second-order valence-corrected chi connectivity index (χ2v) is 7.66. The summed E-state index contributed by atoms with van der Waals surface area (Å²) in [6, 6.07) is 6.46. The molecule has 1 amide bonds. The summed E-state index contributed by atoms with van der Waals surface area (Å²) in [4.78, 5) is 26.9. The molecule has 1 aromatic carbocycles. The molecule has 2 rings (SSSR count). The van der Waals surface area contributed by atoms with Crippen molar-refractivity contribution in [3.05, 3.63) is 57.0 Å². The van der Waals surface area contributed by atoms with Crippen LogP contribution in [0.1, 0.15) is 24.6 Å². The maximum atomic E-state index is 12.2. The number of halogens is 1. The molecule has 0 aliphatic heterocycles. The Bertz CT molecular complexity index is 867. The van der Waals surface area contributed by atoms with Crippen LogP contribution in [0.5, 0.6) is 5.75 Å². The van der Waals surface area contributed by atoms with Crippen LogP contribution in [0.3, 0.4) is 0 Å². The summed E-state index contributed by atoms with van der Waals surface area (Å²) in [6.45, 7) is 4.23. The molecule has 2 N–H and O–H groups in total. The van der Waals surface area contributed by atoms with Gasteiger partial charge in [-0.3, -0.25) is 13.8 Å². The standard InChI is InChI=1S/C18H21ClN2O4S/c1-3-6-25-17-9-20-14(8-16(17)22)10-26(24)11-18(23)21-15-5-4-13(19)7-12(15)2/h4-5,7-9H,3,6,10-11H2,1-2H3,(H,20,22)(H,21,23). The minimum atomic E-state index is -1.46. The van der Waals surface area contributed by atoms with E-state index in [0.717, 1.165) is 12.0 Å². The van der Waals surface area contributed by atoms with E-state index in [2.05, 4.69) is 10.3 Å². The highest BCUT2D eigenvalue weighted by Crippen LogP contribution is 2.19. The molecular weight excluding hydrogens is 376 g/mol. The highest BCUT2D eigenvalue weighted by atomic mass is 35.5. The molecule has 1 heterocycles. The largest absolute Gasteiger partial charge is 0.488 e. The van der Waals surface area contributed by atoms with Crippen LogP contribution >= 0.6 is 11.6 Å². The Labute approximate surface area is 159 Å². The first-order chi connectivity index (χ1) is 12.4. The van der Waals surface area contributed by atoms with Gasteiger partial charge in [0.1, 0.15) is 5.75 Å². The van der Waals surface area contributed by atoms with Crippen LogP contribution in [0.25, 0.3) is 0 Å². The first kappa shape index (κ1) is 20.2. The summed E-state index contributed by atoms with van der Waals surface area (Å²) in [5.41, 5.74) is 1.67. The Morgan fingerprint density at radius 3 is 2.77 bits per heavy atom. The van der Waals surface area contributed by atoms with Gasteiger partial charge in [0.25, 0.3) is 0 Å². The third kappa shape index (κ3) is 6.00. The van der Waals surface area contributed by atoms with E-state index < -0.39 is 10.8 Å². The van der Waals surface area contributed by atoms with Gasteiger partial charge in [0.2, 0.25) is 11.3 Å². The molecule has 0 spiro atoms. The molecule has 0 saturated carbocycles. The number of anilines is 1. The van der Waals surface area contributed by atoms with Gasteiger partial charge in [-0.1, -0.05) is 18.5 Å². The number of aromatic amines is 1. The van der Waals surface area contributed by atoms with Crippen molar-refractivity contribution in [3.8, 4) is 5.75 Å². The van der Waals surface area contributed by atoms with Crippen LogP contribution in [0, 0.1) is 6.92 Å². The number of ether oxygens (including phenoxy) is 1. The van der Waals surface area contributed by atoms with Crippen molar-refractivity contribution in [2.45, 2.75) is 26.0 Å². The SMILES string of the molecule is CCCOc1c[nH]c(CS(=O)CC(=O)Nc2ccc(Cl)cc2C)cc1=O. The molecule has 0 bridgehead atoms. The molecular formula is C18H21ClN2O4S. The number of H-pyrrole nitrogens is 1. The fourth-order valence-corrected chi connectivity index (χ4v) is 3.44. The Balaban J connectivity index is 1.92. The normalized spacial score (nSPS) is 11.8. The number of amides is 1. The predicted molar refractivity (Wildman–Crippen MR) is 104 cm³/mol. The van der Waals surface area contributed by atoms with Gasteiger partial charge in [-0.25, -0.2) is 0 Å². The summed E-state index contributed by atoms with van der Waals surface area (Å²) < 4.78 is 17.5. The third-order valence-corrected chi connectivity index (χ3v) is 4.92. The summed E-state index contributed by atoms with van der Waals surface area (Å²) in [5, 5.41) is 3.30. The second-order valence-electron chi connectivity index (χ2n) is 5.77. The fraction of sp³-hybridized carbons (Fsp3) is 0.333. The Kier molecular flexibility index (Phi) is 7.41. The lowest BCUT2D eigenvalue weighted by Crippen LogP contribution is -2.21. The van der Waals surface area contributed by atoms with Crippen molar-refractivity contribution in [2.24, 2.45) is 0 Å². The predicted octanol–water partition coefficient (Wildman–Crippen LogP) is 3.01. The number of aryl methyl sites for hydroxylation is 1. The molecule has 0 aliphatic carbocycles. The van der Waals surface area contributed by atoms with Gasteiger partial charge in [-0.15, -0.1) is 0 Å². The van der Waals surface area contributed by atoms with Crippen molar-refractivity contribution in [2.75, 3.05) is 17.7 Å². The lowest BCUT2D eigenvalue weighted by molar-refractivity contribution is -0.113. The quantitative estimate of drug-likeness (QED) is 0.717. The average Bonchev–Trinajstić information content (AvgIpc) is 2.56. The Morgan fingerprint density at radius 2 is 2.12 bits per heavy atom. The van der Waals surface area contributed by atoms with Crippen LogP contribution in [-0.2, 0) is 21.3 Å². The van der Waals surface area contributed by atoms with Crippen molar-refractivity contribution in [1.82, 2.24) is 4.98 Å². The van der Waals surface area contributed by atoms with E-state index in [0.29, 0.717) is 23.0 Å². The van der Waals surface area contributed by atoms with Crippen LogP contribution in [0.15, 0.2) is 35.3 Å². The number of pyridine rings is 1.